The van der Waals surface area contributed by atoms with E-state index in [1.54, 1.807) is 6.92 Å². The van der Waals surface area contributed by atoms with Crippen LogP contribution in [0.1, 0.15) is 39.5 Å². The van der Waals surface area contributed by atoms with Crippen LogP contribution in [-0.2, 0) is 4.79 Å². The summed E-state index contributed by atoms with van der Waals surface area (Å²) in [4.78, 5) is 11.3. The summed E-state index contributed by atoms with van der Waals surface area (Å²) in [7, 11) is 0. The molecule has 0 saturated carbocycles. The average Bonchev–Trinajstić information content (AvgIpc) is 2.20. The van der Waals surface area contributed by atoms with Gasteiger partial charge < -0.3 is 11.1 Å². The predicted molar refractivity (Wildman–Crippen MR) is 58.6 cm³/mol. The Bertz CT molecular complexity index is 215. The summed E-state index contributed by atoms with van der Waals surface area (Å²) in [6.45, 7) is 4.47. The van der Waals surface area contributed by atoms with Crippen molar-refractivity contribution in [2.45, 2.75) is 45.6 Å². The number of hydrogen-bond acceptors (Lipinski definition) is 2. The molecule has 0 aliphatic carbocycles. The highest BCUT2D eigenvalue weighted by atomic mass is 16.2. The van der Waals surface area contributed by atoms with E-state index in [4.69, 9.17) is 5.73 Å². The van der Waals surface area contributed by atoms with Crippen LogP contribution >= 0.6 is 0 Å². The van der Waals surface area contributed by atoms with Crippen molar-refractivity contribution in [1.29, 1.82) is 0 Å². The summed E-state index contributed by atoms with van der Waals surface area (Å²) in [5, 5.41) is 2.76. The van der Waals surface area contributed by atoms with E-state index >= 15 is 0 Å². The molecule has 0 rings (SSSR count). The largest absolute Gasteiger partial charge is 0.354 e. The molecule has 0 saturated heterocycles. The zero-order valence-corrected chi connectivity index (χ0v) is 9.10. The maximum absolute atomic E-state index is 11.3. The first kappa shape index (κ1) is 13.0. The zero-order valence-electron chi connectivity index (χ0n) is 9.10. The molecule has 0 bridgehead atoms. The quantitative estimate of drug-likeness (QED) is 0.492. The molecule has 1 atom stereocenters. The fourth-order valence-electron chi connectivity index (χ4n) is 1.06. The lowest BCUT2D eigenvalue weighted by Crippen LogP contribution is -2.40. The van der Waals surface area contributed by atoms with Crippen molar-refractivity contribution in [3.05, 3.63) is 0 Å². The van der Waals surface area contributed by atoms with Gasteiger partial charge >= 0.3 is 0 Å². The maximum atomic E-state index is 11.3. The van der Waals surface area contributed by atoms with Crippen LogP contribution in [0.15, 0.2) is 0 Å². The number of unbranched alkanes of at least 4 members (excludes halogenated alkanes) is 1. The second-order valence-electron chi connectivity index (χ2n) is 3.22. The number of hydrogen-bond donors (Lipinski definition) is 2. The average molecular weight is 196 g/mol. The normalized spacial score (nSPS) is 11.4. The monoisotopic (exact) mass is 196 g/mol. The molecule has 3 heteroatoms. The number of rotatable bonds is 6. The maximum Gasteiger partial charge on any atom is 0.236 e. The highest BCUT2D eigenvalue weighted by Gasteiger charge is 2.10. The lowest BCUT2D eigenvalue weighted by Gasteiger charge is -2.10. The van der Waals surface area contributed by atoms with Crippen LogP contribution in [0.3, 0.4) is 0 Å². The smallest absolute Gasteiger partial charge is 0.236 e. The Morgan fingerprint density at radius 3 is 2.86 bits per heavy atom. The third kappa shape index (κ3) is 6.50. The summed E-state index contributed by atoms with van der Waals surface area (Å²) in [5.41, 5.74) is 5.67. The number of amides is 1. The van der Waals surface area contributed by atoms with Gasteiger partial charge in [-0.3, -0.25) is 4.79 Å². The molecule has 0 fully saturated rings. The van der Waals surface area contributed by atoms with Crippen LogP contribution in [0.2, 0.25) is 0 Å². The number of nitrogens with two attached hydrogens (primary N) is 1. The Balaban J connectivity index is 3.54. The molecule has 3 N–H and O–H groups in total. The Hall–Kier alpha value is -1.01. The van der Waals surface area contributed by atoms with Crippen LogP contribution in [-0.4, -0.2) is 18.5 Å². The van der Waals surface area contributed by atoms with Crippen LogP contribution in [0, 0.1) is 11.8 Å². The second kappa shape index (κ2) is 8.58. The van der Waals surface area contributed by atoms with Gasteiger partial charge in [-0.15, -0.1) is 11.8 Å². The van der Waals surface area contributed by atoms with Gasteiger partial charge in [0, 0.05) is 13.0 Å². The fraction of sp³-hybridized carbons (Fsp3) is 0.727. The lowest BCUT2D eigenvalue weighted by molar-refractivity contribution is -0.122. The minimum absolute atomic E-state index is 0.0589. The summed E-state index contributed by atoms with van der Waals surface area (Å²) in [6, 6.07) is -0.357. The topological polar surface area (TPSA) is 55.1 Å². The van der Waals surface area contributed by atoms with Crippen molar-refractivity contribution >= 4 is 5.91 Å². The molecular weight excluding hydrogens is 176 g/mol. The molecule has 0 aliphatic heterocycles. The molecule has 3 nitrogen and oxygen atoms in total. The first-order chi connectivity index (χ1) is 6.72. The zero-order chi connectivity index (χ0) is 10.8. The molecule has 0 radical (unpaired) electrons. The Morgan fingerprint density at radius 1 is 1.57 bits per heavy atom. The minimum Gasteiger partial charge on any atom is -0.354 e. The standard InChI is InChI=1S/C11H20N2O/c1-3-5-7-9-13-11(14)10(12)8-6-4-2/h10H,4,6-9,12H2,1-2H3,(H,13,14)/t10-/m0/s1. The van der Waals surface area contributed by atoms with Crippen LogP contribution < -0.4 is 11.1 Å². The van der Waals surface area contributed by atoms with Gasteiger partial charge in [-0.2, -0.15) is 0 Å². The van der Waals surface area contributed by atoms with Gasteiger partial charge in [0.25, 0.3) is 0 Å². The third-order valence-corrected chi connectivity index (χ3v) is 1.93. The van der Waals surface area contributed by atoms with Crippen LogP contribution in [0.5, 0.6) is 0 Å². The molecular formula is C11H20N2O. The van der Waals surface area contributed by atoms with Crippen LogP contribution in [0.4, 0.5) is 0 Å². The second-order valence-corrected chi connectivity index (χ2v) is 3.22. The summed E-state index contributed by atoms with van der Waals surface area (Å²) in [5.74, 6) is 5.59. The number of nitrogens with one attached hydrogen (secondary N) is 1. The van der Waals surface area contributed by atoms with Gasteiger partial charge in [-0.1, -0.05) is 19.8 Å². The molecule has 1 amide bonds. The first-order valence-electron chi connectivity index (χ1n) is 5.15. The van der Waals surface area contributed by atoms with Gasteiger partial charge in [0.15, 0.2) is 0 Å². The predicted octanol–water partition coefficient (Wildman–Crippen LogP) is 1.03. The highest BCUT2D eigenvalue weighted by Crippen LogP contribution is 1.97. The SMILES string of the molecule is CC#CCCNC(=O)[C@@H](N)CCCC. The number of carbonyl (C=O) groups is 1. The van der Waals surface area contributed by atoms with Crippen molar-refractivity contribution in [2.75, 3.05) is 6.54 Å². The van der Waals surface area contributed by atoms with E-state index in [0.717, 1.165) is 19.3 Å². The van der Waals surface area contributed by atoms with Crippen molar-refractivity contribution < 1.29 is 4.79 Å². The van der Waals surface area contributed by atoms with Crippen molar-refractivity contribution in [3.8, 4) is 11.8 Å². The van der Waals surface area contributed by atoms with E-state index < -0.39 is 0 Å². The third-order valence-electron chi connectivity index (χ3n) is 1.93. The van der Waals surface area contributed by atoms with E-state index in [1.165, 1.54) is 0 Å². The Morgan fingerprint density at radius 2 is 2.29 bits per heavy atom. The van der Waals surface area contributed by atoms with E-state index in [-0.39, 0.29) is 11.9 Å². The van der Waals surface area contributed by atoms with Gasteiger partial charge in [-0.05, 0) is 13.3 Å². The molecule has 80 valence electrons. The van der Waals surface area contributed by atoms with Crippen molar-refractivity contribution in [1.82, 2.24) is 5.32 Å². The molecule has 0 aliphatic rings. The van der Waals surface area contributed by atoms with E-state index in [0.29, 0.717) is 13.0 Å². The molecule has 0 heterocycles. The number of carbonyl (C=O) groups excluding carboxylic acids is 1. The van der Waals surface area contributed by atoms with Crippen LogP contribution in [0.25, 0.3) is 0 Å². The van der Waals surface area contributed by atoms with Gasteiger partial charge in [0.2, 0.25) is 5.91 Å². The van der Waals surface area contributed by atoms with Gasteiger partial charge in [0.1, 0.15) is 0 Å². The van der Waals surface area contributed by atoms with Gasteiger partial charge in [0.05, 0.1) is 6.04 Å². The molecule has 0 aromatic heterocycles. The summed E-state index contributed by atoms with van der Waals surface area (Å²) >= 11 is 0. The Kier molecular flexibility index (Phi) is 7.96. The molecule has 0 unspecified atom stereocenters. The molecule has 0 spiro atoms. The van der Waals surface area contributed by atoms with E-state index in [2.05, 4.69) is 24.1 Å². The van der Waals surface area contributed by atoms with E-state index in [1.807, 2.05) is 0 Å². The highest BCUT2D eigenvalue weighted by molar-refractivity contribution is 5.81. The summed E-state index contributed by atoms with van der Waals surface area (Å²) < 4.78 is 0. The molecule has 14 heavy (non-hydrogen) atoms. The fourth-order valence-corrected chi connectivity index (χ4v) is 1.06. The van der Waals surface area contributed by atoms with E-state index in [9.17, 15) is 4.79 Å². The van der Waals surface area contributed by atoms with Crippen molar-refractivity contribution in [2.24, 2.45) is 5.73 Å². The first-order valence-corrected chi connectivity index (χ1v) is 5.15. The molecule has 0 aromatic rings. The minimum atomic E-state index is -0.357. The Labute approximate surface area is 86.4 Å². The molecule has 0 aromatic carbocycles. The van der Waals surface area contributed by atoms with Crippen molar-refractivity contribution in [3.63, 3.8) is 0 Å². The van der Waals surface area contributed by atoms with Gasteiger partial charge in [-0.25, -0.2) is 0 Å². The summed E-state index contributed by atoms with van der Waals surface area (Å²) in [6.07, 6.45) is 3.54. The lowest BCUT2D eigenvalue weighted by atomic mass is 10.1.